The summed E-state index contributed by atoms with van der Waals surface area (Å²) in [7, 11) is 0. The molecule has 0 saturated heterocycles. The fourth-order valence-corrected chi connectivity index (χ4v) is 1.94. The van der Waals surface area contributed by atoms with Crippen molar-refractivity contribution in [1.29, 1.82) is 0 Å². The molecule has 108 valence electrons. The number of aldehydes is 1. The molecule has 0 aliphatic carbocycles. The van der Waals surface area contributed by atoms with Gasteiger partial charge in [0.15, 0.2) is 6.29 Å². The number of hydrogen-bond acceptors (Lipinski definition) is 6. The van der Waals surface area contributed by atoms with Gasteiger partial charge in [-0.25, -0.2) is 4.79 Å². The molecule has 0 saturated carbocycles. The lowest BCUT2D eigenvalue weighted by atomic mass is 10.2. The Morgan fingerprint density at radius 2 is 1.68 bits per heavy atom. The zero-order chi connectivity index (χ0) is 15.5. The van der Waals surface area contributed by atoms with Crippen LogP contribution in [0.1, 0.15) is 10.4 Å². The topological polar surface area (TPSA) is 92.2 Å². The molecule has 0 unspecified atom stereocenters. The second-order valence-electron chi connectivity index (χ2n) is 4.54. The van der Waals surface area contributed by atoms with E-state index in [2.05, 4.69) is 10.2 Å². The number of aromatic hydroxyl groups is 1. The van der Waals surface area contributed by atoms with E-state index in [0.29, 0.717) is 23.2 Å². The molecule has 0 bridgehead atoms. The van der Waals surface area contributed by atoms with Crippen LogP contribution in [0, 0.1) is 0 Å². The Hall–Kier alpha value is -3.28. The van der Waals surface area contributed by atoms with Crippen LogP contribution in [0.25, 0.3) is 11.0 Å². The summed E-state index contributed by atoms with van der Waals surface area (Å²) in [4.78, 5) is 21.9. The van der Waals surface area contributed by atoms with E-state index in [0.717, 1.165) is 5.39 Å². The lowest BCUT2D eigenvalue weighted by Crippen LogP contribution is -1.93. The monoisotopic (exact) mass is 294 g/mol. The molecule has 0 aliphatic heterocycles. The summed E-state index contributed by atoms with van der Waals surface area (Å²) in [5.41, 5.74) is 1.23. The van der Waals surface area contributed by atoms with E-state index in [1.54, 1.807) is 30.3 Å². The van der Waals surface area contributed by atoms with E-state index in [1.807, 2.05) is 0 Å². The van der Waals surface area contributed by atoms with Gasteiger partial charge in [0.05, 0.1) is 16.9 Å². The van der Waals surface area contributed by atoms with Gasteiger partial charge in [0.2, 0.25) is 0 Å². The normalized spacial score (nSPS) is 11.1. The van der Waals surface area contributed by atoms with Gasteiger partial charge >= 0.3 is 5.63 Å². The molecule has 0 amide bonds. The highest BCUT2D eigenvalue weighted by atomic mass is 16.4. The fourth-order valence-electron chi connectivity index (χ4n) is 1.94. The molecule has 0 fully saturated rings. The van der Waals surface area contributed by atoms with Crippen LogP contribution in [-0.2, 0) is 0 Å². The third kappa shape index (κ3) is 2.76. The van der Waals surface area contributed by atoms with Crippen LogP contribution in [0.15, 0.2) is 68.0 Å². The van der Waals surface area contributed by atoms with E-state index in [4.69, 9.17) is 4.42 Å². The Bertz CT molecular complexity index is 944. The molecule has 0 radical (unpaired) electrons. The van der Waals surface area contributed by atoms with Gasteiger partial charge in [0.25, 0.3) is 0 Å². The second-order valence-corrected chi connectivity index (χ2v) is 4.54. The van der Waals surface area contributed by atoms with E-state index in [1.165, 1.54) is 18.2 Å². The fraction of sp³-hybridized carbons (Fsp3) is 0. The van der Waals surface area contributed by atoms with Gasteiger partial charge in [-0.1, -0.05) is 0 Å². The van der Waals surface area contributed by atoms with Gasteiger partial charge in [0, 0.05) is 11.5 Å². The Balaban J connectivity index is 1.93. The van der Waals surface area contributed by atoms with Crippen LogP contribution in [0.4, 0.5) is 11.4 Å². The summed E-state index contributed by atoms with van der Waals surface area (Å²) in [6.45, 7) is 0. The maximum absolute atomic E-state index is 11.1. The smallest absolute Gasteiger partial charge is 0.336 e. The van der Waals surface area contributed by atoms with Crippen molar-refractivity contribution >= 4 is 28.6 Å². The van der Waals surface area contributed by atoms with E-state index >= 15 is 0 Å². The van der Waals surface area contributed by atoms with Crippen LogP contribution in [0.5, 0.6) is 5.75 Å². The van der Waals surface area contributed by atoms with Crippen molar-refractivity contribution in [3.63, 3.8) is 0 Å². The van der Waals surface area contributed by atoms with Crippen molar-refractivity contribution in [3.05, 3.63) is 64.5 Å². The van der Waals surface area contributed by atoms with E-state index in [-0.39, 0.29) is 11.3 Å². The first-order valence-electron chi connectivity index (χ1n) is 6.39. The number of carbonyl (C=O) groups excluding carboxylic acids is 1. The molecule has 1 N–H and O–H groups in total. The number of hydrogen-bond donors (Lipinski definition) is 1. The number of phenols is 1. The van der Waals surface area contributed by atoms with Gasteiger partial charge in [-0.2, -0.15) is 10.2 Å². The molecule has 6 heteroatoms. The number of fused-ring (bicyclic) bond motifs is 1. The summed E-state index contributed by atoms with van der Waals surface area (Å²) in [5, 5.41) is 18.2. The number of nitrogens with zero attached hydrogens (tertiary/aromatic N) is 2. The Kier molecular flexibility index (Phi) is 3.49. The van der Waals surface area contributed by atoms with Crippen LogP contribution >= 0.6 is 0 Å². The van der Waals surface area contributed by atoms with Gasteiger partial charge in [-0.3, -0.25) is 4.79 Å². The van der Waals surface area contributed by atoms with Crippen molar-refractivity contribution in [3.8, 4) is 5.75 Å². The predicted molar refractivity (Wildman–Crippen MR) is 80.2 cm³/mol. The molecular weight excluding hydrogens is 284 g/mol. The number of benzene rings is 2. The summed E-state index contributed by atoms with van der Waals surface area (Å²) in [6.07, 6.45) is 0.548. The summed E-state index contributed by atoms with van der Waals surface area (Å²) >= 11 is 0. The maximum atomic E-state index is 11.1. The molecule has 3 aromatic rings. The summed E-state index contributed by atoms with van der Waals surface area (Å²) in [6, 6.07) is 12.4. The molecule has 1 aromatic heterocycles. The van der Waals surface area contributed by atoms with Crippen LogP contribution in [-0.4, -0.2) is 11.4 Å². The van der Waals surface area contributed by atoms with Gasteiger partial charge in [-0.15, -0.1) is 0 Å². The second kappa shape index (κ2) is 5.61. The molecule has 2 aromatic carbocycles. The summed E-state index contributed by atoms with van der Waals surface area (Å²) < 4.78 is 5.03. The van der Waals surface area contributed by atoms with E-state index in [9.17, 15) is 14.7 Å². The first-order valence-corrected chi connectivity index (χ1v) is 6.39. The molecule has 0 atom stereocenters. The van der Waals surface area contributed by atoms with Gasteiger partial charge in [0.1, 0.15) is 11.3 Å². The van der Waals surface area contributed by atoms with Crippen molar-refractivity contribution < 1.29 is 14.3 Å². The Labute approximate surface area is 124 Å². The lowest BCUT2D eigenvalue weighted by molar-refractivity contribution is 0.112. The van der Waals surface area contributed by atoms with Crippen molar-refractivity contribution in [2.24, 2.45) is 10.2 Å². The highest BCUT2D eigenvalue weighted by Crippen LogP contribution is 2.25. The summed E-state index contributed by atoms with van der Waals surface area (Å²) in [5.74, 6) is -0.102. The van der Waals surface area contributed by atoms with Crippen molar-refractivity contribution in [2.45, 2.75) is 0 Å². The average Bonchev–Trinajstić information content (AvgIpc) is 2.54. The SMILES string of the molecule is O=Cc1cc(N=Nc2ccc3oc(=O)ccc3c2)ccc1O. The van der Waals surface area contributed by atoms with E-state index < -0.39 is 5.63 Å². The number of rotatable bonds is 3. The third-order valence-electron chi connectivity index (χ3n) is 3.02. The van der Waals surface area contributed by atoms with Crippen molar-refractivity contribution in [1.82, 2.24) is 0 Å². The minimum absolute atomic E-state index is 0.102. The minimum atomic E-state index is -0.410. The molecule has 3 rings (SSSR count). The third-order valence-corrected chi connectivity index (χ3v) is 3.02. The molecule has 6 nitrogen and oxygen atoms in total. The first kappa shape index (κ1) is 13.7. The van der Waals surface area contributed by atoms with Crippen LogP contribution in [0.2, 0.25) is 0 Å². The standard InChI is InChI=1S/C16H10N2O4/c19-9-11-8-12(2-4-14(11)20)17-18-13-3-5-15-10(7-13)1-6-16(21)22-15/h1-9,20H. The zero-order valence-corrected chi connectivity index (χ0v) is 11.3. The highest BCUT2D eigenvalue weighted by Gasteiger charge is 2.02. The average molecular weight is 294 g/mol. The maximum Gasteiger partial charge on any atom is 0.336 e. The Morgan fingerprint density at radius 3 is 2.45 bits per heavy atom. The molecule has 0 spiro atoms. The van der Waals surface area contributed by atoms with Crippen LogP contribution < -0.4 is 5.63 Å². The molecular formula is C16H10N2O4. The number of carbonyl (C=O) groups is 1. The lowest BCUT2D eigenvalue weighted by Gasteiger charge is -1.99. The molecule has 22 heavy (non-hydrogen) atoms. The quantitative estimate of drug-likeness (QED) is 0.452. The molecule has 1 heterocycles. The van der Waals surface area contributed by atoms with Gasteiger partial charge < -0.3 is 9.52 Å². The Morgan fingerprint density at radius 1 is 0.955 bits per heavy atom. The number of azo groups is 1. The predicted octanol–water partition coefficient (Wildman–Crippen LogP) is 3.73. The zero-order valence-electron chi connectivity index (χ0n) is 11.3. The highest BCUT2D eigenvalue weighted by molar-refractivity contribution is 5.81. The van der Waals surface area contributed by atoms with Crippen molar-refractivity contribution in [2.75, 3.05) is 0 Å². The van der Waals surface area contributed by atoms with Crippen LogP contribution in [0.3, 0.4) is 0 Å². The first-order chi connectivity index (χ1) is 10.7. The minimum Gasteiger partial charge on any atom is -0.507 e. The number of phenolic OH excluding ortho intramolecular Hbond substituents is 1. The largest absolute Gasteiger partial charge is 0.507 e. The van der Waals surface area contributed by atoms with Gasteiger partial charge in [-0.05, 0) is 42.5 Å². The molecule has 0 aliphatic rings.